The molecule has 0 unspecified atom stereocenters. The van der Waals surface area contributed by atoms with Crippen LogP contribution in [-0.4, -0.2) is 25.5 Å². The van der Waals surface area contributed by atoms with Crippen LogP contribution in [0.2, 0.25) is 5.02 Å². The first-order valence-corrected chi connectivity index (χ1v) is 6.48. The van der Waals surface area contributed by atoms with Gasteiger partial charge >= 0.3 is 0 Å². The van der Waals surface area contributed by atoms with Crippen molar-refractivity contribution in [3.63, 3.8) is 0 Å². The molecule has 18 heavy (non-hydrogen) atoms. The summed E-state index contributed by atoms with van der Waals surface area (Å²) in [4.78, 5) is 11.8. The number of rotatable bonds is 3. The summed E-state index contributed by atoms with van der Waals surface area (Å²) in [6.45, 7) is 2.62. The van der Waals surface area contributed by atoms with Gasteiger partial charge in [-0.3, -0.25) is 4.79 Å². The number of amides is 1. The lowest BCUT2D eigenvalue weighted by molar-refractivity contribution is 0.0944. The number of carbonyl (C=O) groups excluding carboxylic acids is 1. The molecule has 2 N–H and O–H groups in total. The zero-order chi connectivity index (χ0) is 13.0. The Hall–Kier alpha value is -1.13. The molecule has 0 saturated carbocycles. The summed E-state index contributed by atoms with van der Waals surface area (Å²) in [5.74, 6) is -0.260. The van der Waals surface area contributed by atoms with Gasteiger partial charge in [0.1, 0.15) is 5.82 Å². The van der Waals surface area contributed by atoms with Gasteiger partial charge in [0, 0.05) is 17.1 Å². The fourth-order valence-corrected chi connectivity index (χ4v) is 2.33. The van der Waals surface area contributed by atoms with Crippen molar-refractivity contribution in [2.75, 3.05) is 19.6 Å². The Kier molecular flexibility index (Phi) is 4.55. The van der Waals surface area contributed by atoms with Crippen LogP contribution in [0.4, 0.5) is 4.39 Å². The molecule has 3 nitrogen and oxygen atoms in total. The molecule has 0 spiro atoms. The minimum atomic E-state index is -0.491. The smallest absolute Gasteiger partial charge is 0.251 e. The summed E-state index contributed by atoms with van der Waals surface area (Å²) in [7, 11) is 0. The van der Waals surface area contributed by atoms with Crippen molar-refractivity contribution < 1.29 is 9.18 Å². The maximum absolute atomic E-state index is 13.1. The van der Waals surface area contributed by atoms with E-state index in [0.29, 0.717) is 12.5 Å². The normalized spacial score (nSPS) is 16.6. The Morgan fingerprint density at radius 1 is 1.39 bits per heavy atom. The molecule has 0 bridgehead atoms. The van der Waals surface area contributed by atoms with Gasteiger partial charge in [0.2, 0.25) is 0 Å². The second-order valence-electron chi connectivity index (χ2n) is 4.56. The summed E-state index contributed by atoms with van der Waals surface area (Å²) < 4.78 is 13.1. The molecule has 5 heteroatoms. The van der Waals surface area contributed by atoms with Crippen LogP contribution in [0.3, 0.4) is 0 Å². The predicted molar refractivity (Wildman–Crippen MR) is 69.3 cm³/mol. The van der Waals surface area contributed by atoms with E-state index in [1.54, 1.807) is 0 Å². The van der Waals surface area contributed by atoms with Crippen molar-refractivity contribution in [1.82, 2.24) is 10.6 Å². The zero-order valence-electron chi connectivity index (χ0n) is 10.0. The minimum absolute atomic E-state index is 0.238. The number of piperidine rings is 1. The first-order chi connectivity index (χ1) is 8.65. The van der Waals surface area contributed by atoms with Crippen molar-refractivity contribution in [3.8, 4) is 0 Å². The average Bonchev–Trinajstić information content (AvgIpc) is 2.36. The van der Waals surface area contributed by atoms with Crippen molar-refractivity contribution in [2.24, 2.45) is 5.92 Å². The summed E-state index contributed by atoms with van der Waals surface area (Å²) >= 11 is 5.71. The van der Waals surface area contributed by atoms with E-state index in [2.05, 4.69) is 10.6 Å². The minimum Gasteiger partial charge on any atom is -0.352 e. The molecule has 1 aromatic carbocycles. The van der Waals surface area contributed by atoms with Gasteiger partial charge in [-0.1, -0.05) is 11.6 Å². The topological polar surface area (TPSA) is 41.1 Å². The maximum Gasteiger partial charge on any atom is 0.251 e. The third kappa shape index (κ3) is 3.68. The van der Waals surface area contributed by atoms with Gasteiger partial charge in [0.15, 0.2) is 0 Å². The molecule has 0 atom stereocenters. The summed E-state index contributed by atoms with van der Waals surface area (Å²) in [5, 5.41) is 6.34. The van der Waals surface area contributed by atoms with Gasteiger partial charge in [0.25, 0.3) is 5.91 Å². The zero-order valence-corrected chi connectivity index (χ0v) is 10.8. The Balaban J connectivity index is 1.90. The Bertz CT molecular complexity index is 413. The van der Waals surface area contributed by atoms with Gasteiger partial charge < -0.3 is 10.6 Å². The van der Waals surface area contributed by atoms with E-state index in [1.807, 2.05) is 0 Å². The highest BCUT2D eigenvalue weighted by molar-refractivity contribution is 6.31. The first kappa shape index (κ1) is 13.3. The van der Waals surface area contributed by atoms with Crippen molar-refractivity contribution in [2.45, 2.75) is 12.8 Å². The van der Waals surface area contributed by atoms with E-state index >= 15 is 0 Å². The molecule has 1 aliphatic heterocycles. The fraction of sp³-hybridized carbons (Fsp3) is 0.462. The third-order valence-corrected chi connectivity index (χ3v) is 3.35. The predicted octanol–water partition coefficient (Wildman–Crippen LogP) is 2.21. The largest absolute Gasteiger partial charge is 0.352 e. The molecule has 1 amide bonds. The molecule has 1 saturated heterocycles. The number of benzene rings is 1. The van der Waals surface area contributed by atoms with Crippen molar-refractivity contribution in [1.29, 1.82) is 0 Å². The van der Waals surface area contributed by atoms with Crippen molar-refractivity contribution >= 4 is 17.5 Å². The van der Waals surface area contributed by atoms with E-state index in [9.17, 15) is 9.18 Å². The molecule has 2 rings (SSSR count). The highest BCUT2D eigenvalue weighted by Crippen LogP contribution is 2.15. The van der Waals surface area contributed by atoms with E-state index < -0.39 is 5.82 Å². The standard InChI is InChI=1S/C13H16ClFN2O/c14-11-5-10(6-12(15)7-11)13(18)17-8-9-1-3-16-4-2-9/h5-7,9,16H,1-4,8H2,(H,17,18). The second kappa shape index (κ2) is 6.16. The van der Waals surface area contributed by atoms with Gasteiger partial charge in [-0.2, -0.15) is 0 Å². The number of halogens is 2. The molecule has 1 aromatic rings. The number of nitrogens with one attached hydrogen (secondary N) is 2. The van der Waals surface area contributed by atoms with Gasteiger partial charge in [0.05, 0.1) is 0 Å². The molecule has 1 heterocycles. The number of hydrogen-bond donors (Lipinski definition) is 2. The molecule has 0 aliphatic carbocycles. The van der Waals surface area contributed by atoms with Gasteiger partial charge in [-0.25, -0.2) is 4.39 Å². The molecule has 98 valence electrons. The fourth-order valence-electron chi connectivity index (χ4n) is 2.11. The van der Waals surface area contributed by atoms with Crippen LogP contribution >= 0.6 is 11.6 Å². The van der Waals surface area contributed by atoms with Gasteiger partial charge in [-0.05, 0) is 50.0 Å². The molecular formula is C13H16ClFN2O. The van der Waals surface area contributed by atoms with Crippen LogP contribution in [-0.2, 0) is 0 Å². The summed E-state index contributed by atoms with van der Waals surface area (Å²) in [6, 6.07) is 3.86. The van der Waals surface area contributed by atoms with Crippen LogP contribution in [0.1, 0.15) is 23.2 Å². The third-order valence-electron chi connectivity index (χ3n) is 3.13. The van der Waals surface area contributed by atoms with E-state index in [4.69, 9.17) is 11.6 Å². The van der Waals surface area contributed by atoms with E-state index in [-0.39, 0.29) is 16.5 Å². The highest BCUT2D eigenvalue weighted by atomic mass is 35.5. The van der Waals surface area contributed by atoms with Gasteiger partial charge in [-0.15, -0.1) is 0 Å². The number of carbonyl (C=O) groups is 1. The molecule has 0 aromatic heterocycles. The quantitative estimate of drug-likeness (QED) is 0.884. The SMILES string of the molecule is O=C(NCC1CCNCC1)c1cc(F)cc(Cl)c1. The average molecular weight is 271 g/mol. The second-order valence-corrected chi connectivity index (χ2v) is 5.00. The summed E-state index contributed by atoms with van der Waals surface area (Å²) in [6.07, 6.45) is 2.12. The van der Waals surface area contributed by atoms with Crippen molar-refractivity contribution in [3.05, 3.63) is 34.6 Å². The molecule has 0 radical (unpaired) electrons. The Morgan fingerprint density at radius 3 is 2.78 bits per heavy atom. The monoisotopic (exact) mass is 270 g/mol. The first-order valence-electron chi connectivity index (χ1n) is 6.10. The lowest BCUT2D eigenvalue weighted by Gasteiger charge is -2.22. The van der Waals surface area contributed by atoms with Crippen LogP contribution < -0.4 is 10.6 Å². The summed E-state index contributed by atoms with van der Waals surface area (Å²) in [5.41, 5.74) is 0.272. The van der Waals surface area contributed by atoms with E-state index in [1.165, 1.54) is 18.2 Å². The molecule has 1 fully saturated rings. The number of hydrogen-bond acceptors (Lipinski definition) is 2. The Labute approximate surface area is 111 Å². The highest BCUT2D eigenvalue weighted by Gasteiger charge is 2.15. The maximum atomic E-state index is 13.1. The van der Waals surface area contributed by atoms with Crippen LogP contribution in [0.25, 0.3) is 0 Å². The lowest BCUT2D eigenvalue weighted by Crippen LogP contribution is -2.36. The molecule has 1 aliphatic rings. The van der Waals surface area contributed by atoms with E-state index in [0.717, 1.165) is 25.9 Å². The van der Waals surface area contributed by atoms with Crippen LogP contribution in [0.15, 0.2) is 18.2 Å². The molecular weight excluding hydrogens is 255 g/mol. The lowest BCUT2D eigenvalue weighted by atomic mass is 9.98. The van der Waals surface area contributed by atoms with Crippen LogP contribution in [0, 0.1) is 11.7 Å². The van der Waals surface area contributed by atoms with Crippen LogP contribution in [0.5, 0.6) is 0 Å². The Morgan fingerprint density at radius 2 is 2.11 bits per heavy atom.